The van der Waals surface area contributed by atoms with Crippen molar-refractivity contribution in [1.29, 1.82) is 0 Å². The fraction of sp³-hybridized carbons (Fsp3) is 0.263. The van der Waals surface area contributed by atoms with Gasteiger partial charge in [-0.15, -0.1) is 0 Å². The quantitative estimate of drug-likeness (QED) is 0.646. The molecule has 0 saturated carbocycles. The van der Waals surface area contributed by atoms with Crippen molar-refractivity contribution in [3.63, 3.8) is 0 Å². The molecule has 1 fully saturated rings. The highest BCUT2D eigenvalue weighted by molar-refractivity contribution is 6.29. The van der Waals surface area contributed by atoms with Gasteiger partial charge in [0.1, 0.15) is 0 Å². The summed E-state index contributed by atoms with van der Waals surface area (Å²) in [6, 6.07) is 12.8. The second-order valence-corrected chi connectivity index (χ2v) is 6.31. The highest BCUT2D eigenvalue weighted by atomic mass is 16.5. The number of hydrogen-bond donors (Lipinski definition) is 0. The average Bonchev–Trinajstić information content (AvgIpc) is 2.96. The predicted molar refractivity (Wildman–Crippen MR) is 90.6 cm³/mol. The topological polar surface area (TPSA) is 51.5 Å². The summed E-state index contributed by atoms with van der Waals surface area (Å²) in [6.45, 7) is 2.32. The lowest BCUT2D eigenvalue weighted by Crippen LogP contribution is -2.54. The van der Waals surface area contributed by atoms with Crippen LogP contribution in [0.15, 0.2) is 42.5 Å². The molecule has 0 amide bonds. The Morgan fingerprint density at radius 2 is 1.67 bits per heavy atom. The molecule has 5 rings (SSSR count). The molecular weight excluding hydrogens is 304 g/mol. The van der Waals surface area contributed by atoms with Crippen molar-refractivity contribution in [2.24, 2.45) is 0 Å². The van der Waals surface area contributed by atoms with Crippen LogP contribution in [0.1, 0.15) is 15.2 Å². The molecule has 3 aromatic rings. The van der Waals surface area contributed by atoms with Crippen LogP contribution in [0, 0.1) is 0 Å². The predicted octanol–water partition coefficient (Wildman–Crippen LogP) is 2.33. The molecule has 5 heteroatoms. The van der Waals surface area contributed by atoms with Crippen LogP contribution < -0.4 is 0 Å². The van der Waals surface area contributed by atoms with E-state index in [2.05, 4.69) is 0 Å². The normalized spacial score (nSPS) is 21.8. The molecule has 5 nitrogen and oxygen atoms in total. The van der Waals surface area contributed by atoms with Gasteiger partial charge < -0.3 is 4.74 Å². The minimum absolute atomic E-state index is 0.0946. The number of benzene rings is 2. The summed E-state index contributed by atoms with van der Waals surface area (Å²) in [7, 11) is 0. The van der Waals surface area contributed by atoms with Gasteiger partial charge in [0.05, 0.1) is 24.2 Å². The number of fused-ring (bicyclic) bond motifs is 3. The zero-order chi connectivity index (χ0) is 16.3. The third-order valence-corrected chi connectivity index (χ3v) is 5.07. The molecule has 1 atom stereocenters. The Balaban J connectivity index is 1.81. The van der Waals surface area contributed by atoms with Crippen LogP contribution in [0.25, 0.3) is 21.8 Å². The summed E-state index contributed by atoms with van der Waals surface area (Å²) in [5.41, 5.74) is 2.26. The smallest absolute Gasteiger partial charge is 0.257 e. The Morgan fingerprint density at radius 3 is 2.50 bits per heavy atom. The second-order valence-electron chi connectivity index (χ2n) is 6.31. The van der Waals surface area contributed by atoms with E-state index in [1.165, 1.54) is 0 Å². The van der Waals surface area contributed by atoms with Gasteiger partial charge in [0.2, 0.25) is 0 Å². The first kappa shape index (κ1) is 13.9. The molecule has 1 unspecified atom stereocenters. The zero-order valence-electron chi connectivity index (χ0n) is 13.1. The maximum Gasteiger partial charge on any atom is 0.257 e. The summed E-state index contributed by atoms with van der Waals surface area (Å²) in [4.78, 5) is 28.3. The van der Waals surface area contributed by atoms with Crippen molar-refractivity contribution >= 4 is 33.5 Å². The molecule has 0 aliphatic carbocycles. The van der Waals surface area contributed by atoms with Gasteiger partial charge in [-0.25, -0.2) is 0 Å². The first-order chi connectivity index (χ1) is 11.8. The summed E-state index contributed by atoms with van der Waals surface area (Å²) in [6.07, 6.45) is 0. The molecule has 0 bridgehead atoms. The molecule has 0 N–H and O–H groups in total. The van der Waals surface area contributed by atoms with Gasteiger partial charge in [0.15, 0.2) is 11.8 Å². The van der Waals surface area contributed by atoms with Crippen LogP contribution >= 0.6 is 0 Å². The number of nitrogens with zero attached hydrogens (tertiary/aromatic N) is 2. The highest BCUT2D eigenvalue weighted by Gasteiger charge is 2.41. The zero-order valence-corrected chi connectivity index (χ0v) is 13.1. The SMILES string of the molecule is O=C1c2cccc3c4ccccc4n(c23)C(=O)C1N1CCOCC1. The minimum atomic E-state index is -0.747. The number of carbonyl (C=O) groups excluding carboxylic acids is 2. The van der Waals surface area contributed by atoms with E-state index in [1.807, 2.05) is 47.4 Å². The summed E-state index contributed by atoms with van der Waals surface area (Å²) < 4.78 is 7.11. The largest absolute Gasteiger partial charge is 0.379 e. The number of para-hydroxylation sites is 2. The van der Waals surface area contributed by atoms with Crippen molar-refractivity contribution in [3.05, 3.63) is 48.0 Å². The van der Waals surface area contributed by atoms with Crippen molar-refractivity contribution in [2.75, 3.05) is 26.3 Å². The molecule has 2 aromatic carbocycles. The highest BCUT2D eigenvalue weighted by Crippen LogP contribution is 2.35. The monoisotopic (exact) mass is 320 g/mol. The van der Waals surface area contributed by atoms with Gasteiger partial charge in [-0.3, -0.25) is 19.1 Å². The van der Waals surface area contributed by atoms with Crippen molar-refractivity contribution in [1.82, 2.24) is 9.47 Å². The van der Waals surface area contributed by atoms with Crippen molar-refractivity contribution in [3.8, 4) is 0 Å². The van der Waals surface area contributed by atoms with Crippen molar-refractivity contribution in [2.45, 2.75) is 6.04 Å². The average molecular weight is 320 g/mol. The molecule has 1 aromatic heterocycles. The van der Waals surface area contributed by atoms with Crippen LogP contribution in [-0.4, -0.2) is 53.5 Å². The lowest BCUT2D eigenvalue weighted by atomic mass is 9.96. The maximum atomic E-state index is 13.2. The van der Waals surface area contributed by atoms with Crippen molar-refractivity contribution < 1.29 is 14.3 Å². The number of Topliss-reactive ketones (excluding diaryl/α,β-unsaturated/α-hetero) is 1. The Labute approximate surface area is 138 Å². The van der Waals surface area contributed by atoms with Crippen LogP contribution in [0.4, 0.5) is 0 Å². The Bertz CT molecular complexity index is 998. The molecule has 3 heterocycles. The van der Waals surface area contributed by atoms with Gasteiger partial charge in [-0.2, -0.15) is 0 Å². The molecular formula is C19H16N2O3. The lowest BCUT2D eigenvalue weighted by Gasteiger charge is -2.34. The third-order valence-electron chi connectivity index (χ3n) is 5.07. The maximum absolute atomic E-state index is 13.2. The summed E-state index contributed by atoms with van der Waals surface area (Å²) in [5, 5.41) is 1.98. The van der Waals surface area contributed by atoms with E-state index >= 15 is 0 Å². The van der Waals surface area contributed by atoms with Gasteiger partial charge >= 0.3 is 0 Å². The molecule has 0 spiro atoms. The third kappa shape index (κ3) is 1.71. The number of aromatic nitrogens is 1. The first-order valence-electron chi connectivity index (χ1n) is 8.20. The summed E-state index contributed by atoms with van der Waals surface area (Å²) >= 11 is 0. The van der Waals surface area contributed by atoms with Crippen LogP contribution in [-0.2, 0) is 4.74 Å². The van der Waals surface area contributed by atoms with E-state index in [1.54, 1.807) is 4.57 Å². The Kier molecular flexibility index (Phi) is 2.89. The van der Waals surface area contributed by atoms with Crippen LogP contribution in [0.5, 0.6) is 0 Å². The fourth-order valence-electron chi connectivity index (χ4n) is 3.99. The van der Waals surface area contributed by atoms with E-state index in [9.17, 15) is 9.59 Å². The van der Waals surface area contributed by atoms with Gasteiger partial charge in [0.25, 0.3) is 5.91 Å². The number of hydrogen-bond acceptors (Lipinski definition) is 4. The standard InChI is InChI=1S/C19H16N2O3/c22-18-14-6-3-5-13-12-4-1-2-7-15(12)21(16(13)14)19(23)17(18)20-8-10-24-11-9-20/h1-7,17H,8-11H2. The van der Waals surface area contributed by atoms with E-state index < -0.39 is 6.04 Å². The number of ketones is 1. The number of rotatable bonds is 1. The molecule has 2 aliphatic rings. The second kappa shape index (κ2) is 5.00. The Hall–Kier alpha value is -2.50. The number of ether oxygens (including phenoxy) is 1. The molecule has 1 saturated heterocycles. The molecule has 120 valence electrons. The Morgan fingerprint density at radius 1 is 0.917 bits per heavy atom. The first-order valence-corrected chi connectivity index (χ1v) is 8.20. The fourth-order valence-corrected chi connectivity index (χ4v) is 3.99. The number of carbonyl (C=O) groups is 2. The van der Waals surface area contributed by atoms with Crippen LogP contribution in [0.2, 0.25) is 0 Å². The minimum Gasteiger partial charge on any atom is -0.379 e. The van der Waals surface area contributed by atoms with E-state index in [0.717, 1.165) is 21.8 Å². The van der Waals surface area contributed by atoms with Gasteiger partial charge in [-0.1, -0.05) is 30.3 Å². The molecule has 24 heavy (non-hydrogen) atoms. The van der Waals surface area contributed by atoms with E-state index in [0.29, 0.717) is 31.9 Å². The van der Waals surface area contributed by atoms with Gasteiger partial charge in [0, 0.05) is 29.4 Å². The van der Waals surface area contributed by atoms with Gasteiger partial charge in [-0.05, 0) is 12.1 Å². The van der Waals surface area contributed by atoms with Crippen LogP contribution in [0.3, 0.4) is 0 Å². The number of morpholine rings is 1. The molecule has 2 aliphatic heterocycles. The summed E-state index contributed by atoms with van der Waals surface area (Å²) in [5.74, 6) is -0.241. The molecule has 0 radical (unpaired) electrons. The lowest BCUT2D eigenvalue weighted by molar-refractivity contribution is 0.0160. The van der Waals surface area contributed by atoms with E-state index in [4.69, 9.17) is 4.74 Å². The van der Waals surface area contributed by atoms with E-state index in [-0.39, 0.29) is 11.7 Å².